The molecule has 1 aromatic carbocycles. The molecule has 0 atom stereocenters. The number of carbonyl (C=O) groups is 2. The number of hydrogen-bond acceptors (Lipinski definition) is 3. The van der Waals surface area contributed by atoms with Crippen molar-refractivity contribution in [3.05, 3.63) is 35.9 Å². The number of amides is 1. The highest BCUT2D eigenvalue weighted by Gasteiger charge is 2.45. The summed E-state index contributed by atoms with van der Waals surface area (Å²) in [6.45, 7) is 0.480. The molecule has 1 aromatic rings. The van der Waals surface area contributed by atoms with Gasteiger partial charge in [0.1, 0.15) is 6.61 Å². The van der Waals surface area contributed by atoms with E-state index >= 15 is 0 Å². The van der Waals surface area contributed by atoms with Gasteiger partial charge in [0.25, 0.3) is 0 Å². The summed E-state index contributed by atoms with van der Waals surface area (Å²) in [6.07, 6.45) is 6.56. The molecule has 0 aromatic heterocycles. The zero-order valence-electron chi connectivity index (χ0n) is 12.9. The zero-order chi connectivity index (χ0) is 15.4. The van der Waals surface area contributed by atoms with Crippen molar-refractivity contribution in [2.45, 2.75) is 57.1 Å². The van der Waals surface area contributed by atoms with Crippen molar-refractivity contribution in [2.24, 2.45) is 0 Å². The van der Waals surface area contributed by atoms with Crippen LogP contribution in [0.4, 0.5) is 4.79 Å². The van der Waals surface area contributed by atoms with E-state index in [0.717, 1.165) is 37.7 Å². The first-order valence-corrected chi connectivity index (χ1v) is 8.20. The number of nitrogens with zero attached hydrogens (tertiary/aromatic N) is 1. The topological polar surface area (TPSA) is 46.6 Å². The van der Waals surface area contributed by atoms with E-state index in [-0.39, 0.29) is 30.6 Å². The van der Waals surface area contributed by atoms with Crippen LogP contribution < -0.4 is 0 Å². The van der Waals surface area contributed by atoms with Gasteiger partial charge in [0, 0.05) is 12.0 Å². The average molecular weight is 301 g/mol. The van der Waals surface area contributed by atoms with E-state index in [1.54, 1.807) is 4.90 Å². The summed E-state index contributed by atoms with van der Waals surface area (Å²) in [5.41, 5.74) is 0.830. The number of hydrogen-bond donors (Lipinski definition) is 0. The molecule has 1 saturated carbocycles. The fourth-order valence-electron chi connectivity index (χ4n) is 3.72. The van der Waals surface area contributed by atoms with Crippen LogP contribution in [0.2, 0.25) is 0 Å². The lowest BCUT2D eigenvalue weighted by molar-refractivity contribution is -0.126. The van der Waals surface area contributed by atoms with Gasteiger partial charge in [-0.1, -0.05) is 49.6 Å². The van der Waals surface area contributed by atoms with Gasteiger partial charge < -0.3 is 4.74 Å². The van der Waals surface area contributed by atoms with Crippen LogP contribution in [0.3, 0.4) is 0 Å². The highest BCUT2D eigenvalue weighted by atomic mass is 16.6. The van der Waals surface area contributed by atoms with Gasteiger partial charge in [0.2, 0.25) is 0 Å². The molecule has 0 radical (unpaired) electrons. The molecule has 0 bridgehead atoms. The molecule has 1 saturated heterocycles. The van der Waals surface area contributed by atoms with Gasteiger partial charge in [0.15, 0.2) is 5.78 Å². The molecule has 1 spiro atoms. The third-order valence-corrected chi connectivity index (χ3v) is 4.99. The van der Waals surface area contributed by atoms with Crippen LogP contribution in [0.1, 0.15) is 50.5 Å². The Bertz CT molecular complexity index is 535. The van der Waals surface area contributed by atoms with Gasteiger partial charge in [-0.05, 0) is 24.8 Å². The van der Waals surface area contributed by atoms with Gasteiger partial charge in [0.05, 0.1) is 6.54 Å². The Hall–Kier alpha value is -1.84. The second-order valence-electron chi connectivity index (χ2n) is 6.45. The number of ketones is 1. The second-order valence-corrected chi connectivity index (χ2v) is 6.45. The number of rotatable bonds is 2. The third-order valence-electron chi connectivity index (χ3n) is 4.99. The monoisotopic (exact) mass is 301 g/mol. The molecule has 1 heterocycles. The van der Waals surface area contributed by atoms with Crippen molar-refractivity contribution >= 4 is 11.9 Å². The van der Waals surface area contributed by atoms with E-state index < -0.39 is 0 Å². The molecule has 4 heteroatoms. The Balaban J connectivity index is 1.68. The van der Waals surface area contributed by atoms with Crippen molar-refractivity contribution in [3.8, 4) is 0 Å². The SMILES string of the molecule is O=C1CCC2(CCCCC2)N(C(=O)OCc2ccccc2)C1. The van der Waals surface area contributed by atoms with E-state index in [2.05, 4.69) is 0 Å². The summed E-state index contributed by atoms with van der Waals surface area (Å²) >= 11 is 0. The maximum atomic E-state index is 12.5. The molecule has 4 nitrogen and oxygen atoms in total. The Morgan fingerprint density at radius 3 is 2.55 bits per heavy atom. The number of Topliss-reactive ketones (excluding diaryl/α,β-unsaturated/α-hetero) is 1. The normalized spacial score (nSPS) is 20.9. The van der Waals surface area contributed by atoms with Crippen molar-refractivity contribution in [1.29, 1.82) is 0 Å². The van der Waals surface area contributed by atoms with Crippen LogP contribution in [0.25, 0.3) is 0 Å². The predicted octanol–water partition coefficient (Wildman–Crippen LogP) is 3.69. The van der Waals surface area contributed by atoms with Crippen LogP contribution in [0.5, 0.6) is 0 Å². The lowest BCUT2D eigenvalue weighted by atomic mass is 9.75. The first-order valence-electron chi connectivity index (χ1n) is 8.20. The molecule has 2 fully saturated rings. The molecular formula is C18H23NO3. The van der Waals surface area contributed by atoms with Crippen molar-refractivity contribution < 1.29 is 14.3 Å². The smallest absolute Gasteiger partial charge is 0.410 e. The lowest BCUT2D eigenvalue weighted by Crippen LogP contribution is -2.57. The van der Waals surface area contributed by atoms with Crippen LogP contribution >= 0.6 is 0 Å². The Labute approximate surface area is 131 Å². The minimum Gasteiger partial charge on any atom is -0.445 e. The number of piperidine rings is 1. The second kappa shape index (κ2) is 6.51. The molecule has 1 amide bonds. The number of benzene rings is 1. The van der Waals surface area contributed by atoms with E-state index in [1.165, 1.54) is 6.42 Å². The molecular weight excluding hydrogens is 278 g/mol. The van der Waals surface area contributed by atoms with Gasteiger partial charge in [-0.3, -0.25) is 9.69 Å². The summed E-state index contributed by atoms with van der Waals surface area (Å²) in [7, 11) is 0. The van der Waals surface area contributed by atoms with E-state index in [9.17, 15) is 9.59 Å². The first kappa shape index (κ1) is 15.1. The Morgan fingerprint density at radius 1 is 1.09 bits per heavy atom. The van der Waals surface area contributed by atoms with Gasteiger partial charge in [-0.25, -0.2) is 4.79 Å². The third kappa shape index (κ3) is 3.16. The number of likely N-dealkylation sites (tertiary alicyclic amines) is 1. The summed E-state index contributed by atoms with van der Waals surface area (Å²) < 4.78 is 5.48. The largest absolute Gasteiger partial charge is 0.445 e. The predicted molar refractivity (Wildman–Crippen MR) is 83.4 cm³/mol. The quantitative estimate of drug-likeness (QED) is 0.837. The minimum absolute atomic E-state index is 0.139. The molecule has 1 aliphatic heterocycles. The van der Waals surface area contributed by atoms with E-state index in [4.69, 9.17) is 4.74 Å². The van der Waals surface area contributed by atoms with Crippen molar-refractivity contribution in [2.75, 3.05) is 6.54 Å². The zero-order valence-corrected chi connectivity index (χ0v) is 12.9. The summed E-state index contributed by atoms with van der Waals surface area (Å²) in [5.74, 6) is 0.146. The molecule has 1 aliphatic carbocycles. The molecule has 118 valence electrons. The van der Waals surface area contributed by atoms with Gasteiger partial charge in [-0.2, -0.15) is 0 Å². The molecule has 2 aliphatic rings. The fraction of sp³-hybridized carbons (Fsp3) is 0.556. The minimum atomic E-state index is -0.334. The Kier molecular flexibility index (Phi) is 4.46. The first-order chi connectivity index (χ1) is 10.7. The maximum Gasteiger partial charge on any atom is 0.410 e. The maximum absolute atomic E-state index is 12.5. The fourth-order valence-corrected chi connectivity index (χ4v) is 3.72. The number of ether oxygens (including phenoxy) is 1. The average Bonchev–Trinajstić information content (AvgIpc) is 2.57. The van der Waals surface area contributed by atoms with E-state index in [1.807, 2.05) is 30.3 Å². The number of carbonyl (C=O) groups excluding carboxylic acids is 2. The summed E-state index contributed by atoms with van der Waals surface area (Å²) in [6, 6.07) is 9.66. The van der Waals surface area contributed by atoms with Gasteiger partial charge in [-0.15, -0.1) is 0 Å². The highest BCUT2D eigenvalue weighted by molar-refractivity contribution is 5.86. The van der Waals surface area contributed by atoms with Crippen molar-refractivity contribution in [3.63, 3.8) is 0 Å². The molecule has 22 heavy (non-hydrogen) atoms. The summed E-state index contributed by atoms with van der Waals surface area (Å²) in [4.78, 5) is 26.1. The van der Waals surface area contributed by atoms with Gasteiger partial charge >= 0.3 is 6.09 Å². The summed E-state index contributed by atoms with van der Waals surface area (Å²) in [5, 5.41) is 0. The molecule has 0 unspecified atom stereocenters. The highest BCUT2D eigenvalue weighted by Crippen LogP contribution is 2.40. The van der Waals surface area contributed by atoms with Crippen LogP contribution in [-0.4, -0.2) is 28.9 Å². The van der Waals surface area contributed by atoms with E-state index in [0.29, 0.717) is 6.42 Å². The Morgan fingerprint density at radius 2 is 1.82 bits per heavy atom. The lowest BCUT2D eigenvalue weighted by Gasteiger charge is -2.48. The van der Waals surface area contributed by atoms with Crippen LogP contribution in [-0.2, 0) is 16.1 Å². The van der Waals surface area contributed by atoms with Crippen LogP contribution in [0.15, 0.2) is 30.3 Å². The van der Waals surface area contributed by atoms with Crippen LogP contribution in [0, 0.1) is 0 Å². The van der Waals surface area contributed by atoms with Crippen molar-refractivity contribution in [1.82, 2.24) is 4.90 Å². The molecule has 3 rings (SSSR count). The molecule has 0 N–H and O–H groups in total. The standard InChI is InChI=1S/C18H23NO3/c20-16-9-12-18(10-5-2-6-11-18)19(13-16)17(21)22-14-15-7-3-1-4-8-15/h1,3-4,7-8H,2,5-6,9-14H2.